The number of nitrogens with zero attached hydrogens (tertiary/aromatic N) is 5. The van der Waals surface area contributed by atoms with Gasteiger partial charge in [0, 0.05) is 25.0 Å². The molecule has 1 atom stereocenters. The number of pyridine rings is 1. The Labute approximate surface area is 162 Å². The lowest BCUT2D eigenvalue weighted by Crippen LogP contribution is -2.42. The molecule has 0 bridgehead atoms. The second-order valence-electron chi connectivity index (χ2n) is 6.84. The number of anilines is 1. The Morgan fingerprint density at radius 2 is 2.04 bits per heavy atom. The number of urea groups is 1. The minimum absolute atomic E-state index is 0.106. The van der Waals surface area contributed by atoms with Crippen molar-refractivity contribution in [3.63, 3.8) is 0 Å². The number of hydrogen-bond acceptors (Lipinski definition) is 5. The number of nitrogens with one attached hydrogen (secondary N) is 1. The SMILES string of the molecule is O=C(Nc1cccc(-n2cncn2)c1)N1CCC(C(O)c2ccccn2)CC1. The number of amides is 2. The van der Waals surface area contributed by atoms with Gasteiger partial charge in [0.25, 0.3) is 0 Å². The van der Waals surface area contributed by atoms with Gasteiger partial charge in [-0.15, -0.1) is 0 Å². The normalized spacial score (nSPS) is 16.0. The van der Waals surface area contributed by atoms with Crippen LogP contribution in [-0.4, -0.2) is 48.9 Å². The molecule has 0 spiro atoms. The van der Waals surface area contributed by atoms with Crippen molar-refractivity contribution in [2.24, 2.45) is 5.92 Å². The van der Waals surface area contributed by atoms with Crippen LogP contribution in [0.4, 0.5) is 10.5 Å². The molecule has 144 valence electrons. The number of rotatable bonds is 4. The fourth-order valence-corrected chi connectivity index (χ4v) is 3.48. The lowest BCUT2D eigenvalue weighted by atomic mass is 9.89. The highest BCUT2D eigenvalue weighted by atomic mass is 16.3. The van der Waals surface area contributed by atoms with Crippen LogP contribution in [0.15, 0.2) is 61.3 Å². The number of aliphatic hydroxyl groups is 1. The van der Waals surface area contributed by atoms with E-state index in [9.17, 15) is 9.90 Å². The number of aliphatic hydroxyl groups excluding tert-OH is 1. The third-order valence-electron chi connectivity index (χ3n) is 5.04. The largest absolute Gasteiger partial charge is 0.387 e. The molecule has 0 saturated carbocycles. The monoisotopic (exact) mass is 378 g/mol. The zero-order valence-electron chi connectivity index (χ0n) is 15.3. The Bertz CT molecular complexity index is 907. The highest BCUT2D eigenvalue weighted by Gasteiger charge is 2.28. The van der Waals surface area contributed by atoms with Crippen LogP contribution in [0.25, 0.3) is 5.69 Å². The average molecular weight is 378 g/mol. The van der Waals surface area contributed by atoms with Crippen LogP contribution in [0.5, 0.6) is 0 Å². The fraction of sp³-hybridized carbons (Fsp3) is 0.300. The van der Waals surface area contributed by atoms with Crippen LogP contribution < -0.4 is 5.32 Å². The summed E-state index contributed by atoms with van der Waals surface area (Å²) in [6, 6.07) is 12.9. The number of aromatic nitrogens is 4. The molecule has 2 aromatic heterocycles. The van der Waals surface area contributed by atoms with Crippen LogP contribution in [0.1, 0.15) is 24.6 Å². The highest BCUT2D eigenvalue weighted by Crippen LogP contribution is 2.29. The standard InChI is InChI=1S/C20H22N6O2/c27-19(18-6-1-2-9-22-18)15-7-10-25(11-8-15)20(28)24-16-4-3-5-17(12-16)26-14-21-13-23-26/h1-6,9,12-15,19,27H,7-8,10-11H2,(H,24,28). The van der Waals surface area contributed by atoms with E-state index in [2.05, 4.69) is 20.4 Å². The van der Waals surface area contributed by atoms with Gasteiger partial charge in [0.05, 0.1) is 17.5 Å². The molecule has 1 unspecified atom stereocenters. The van der Waals surface area contributed by atoms with Crippen molar-refractivity contribution < 1.29 is 9.90 Å². The van der Waals surface area contributed by atoms with Crippen LogP contribution in [0, 0.1) is 5.92 Å². The van der Waals surface area contributed by atoms with Crippen LogP contribution in [-0.2, 0) is 0 Å². The smallest absolute Gasteiger partial charge is 0.321 e. The number of likely N-dealkylation sites (tertiary alicyclic amines) is 1. The number of benzene rings is 1. The van der Waals surface area contributed by atoms with Crippen molar-refractivity contribution in [3.05, 3.63) is 67.0 Å². The third kappa shape index (κ3) is 4.01. The fourth-order valence-electron chi connectivity index (χ4n) is 3.48. The van der Waals surface area contributed by atoms with Gasteiger partial charge in [0.1, 0.15) is 12.7 Å². The summed E-state index contributed by atoms with van der Waals surface area (Å²) in [5.74, 6) is 0.106. The summed E-state index contributed by atoms with van der Waals surface area (Å²) >= 11 is 0. The zero-order chi connectivity index (χ0) is 19.3. The van der Waals surface area contributed by atoms with Gasteiger partial charge in [0.2, 0.25) is 0 Å². The second kappa shape index (κ2) is 8.18. The predicted molar refractivity (Wildman–Crippen MR) is 104 cm³/mol. The first kappa shape index (κ1) is 18.1. The first-order valence-corrected chi connectivity index (χ1v) is 9.31. The van der Waals surface area contributed by atoms with Gasteiger partial charge in [-0.2, -0.15) is 5.10 Å². The van der Waals surface area contributed by atoms with Crippen molar-refractivity contribution >= 4 is 11.7 Å². The van der Waals surface area contributed by atoms with E-state index < -0.39 is 6.10 Å². The van der Waals surface area contributed by atoms with E-state index in [1.165, 1.54) is 6.33 Å². The molecule has 3 aromatic rings. The molecule has 28 heavy (non-hydrogen) atoms. The summed E-state index contributed by atoms with van der Waals surface area (Å²) < 4.78 is 1.64. The zero-order valence-corrected chi connectivity index (χ0v) is 15.3. The Hall–Kier alpha value is -3.26. The average Bonchev–Trinajstić information content (AvgIpc) is 3.29. The van der Waals surface area contributed by atoms with Crippen LogP contribution >= 0.6 is 0 Å². The van der Waals surface area contributed by atoms with Crippen LogP contribution in [0.2, 0.25) is 0 Å². The summed E-state index contributed by atoms with van der Waals surface area (Å²) in [4.78, 5) is 22.6. The third-order valence-corrected chi connectivity index (χ3v) is 5.04. The van der Waals surface area contributed by atoms with E-state index >= 15 is 0 Å². The van der Waals surface area contributed by atoms with Crippen molar-refractivity contribution in [3.8, 4) is 5.69 Å². The van der Waals surface area contributed by atoms with E-state index in [0.29, 0.717) is 24.5 Å². The quantitative estimate of drug-likeness (QED) is 0.728. The van der Waals surface area contributed by atoms with Gasteiger partial charge in [-0.3, -0.25) is 4.98 Å². The number of carbonyl (C=O) groups excluding carboxylic acids is 1. The second-order valence-corrected chi connectivity index (χ2v) is 6.84. The van der Waals surface area contributed by atoms with Gasteiger partial charge in [-0.05, 0) is 49.1 Å². The summed E-state index contributed by atoms with van der Waals surface area (Å²) in [7, 11) is 0. The molecule has 1 saturated heterocycles. The maximum atomic E-state index is 12.6. The van der Waals surface area contributed by atoms with Gasteiger partial charge >= 0.3 is 6.03 Å². The molecule has 2 N–H and O–H groups in total. The molecule has 1 aliphatic heterocycles. The first-order chi connectivity index (χ1) is 13.7. The molecule has 2 amide bonds. The van der Waals surface area contributed by atoms with E-state index in [-0.39, 0.29) is 11.9 Å². The summed E-state index contributed by atoms with van der Waals surface area (Å²) in [6.07, 6.45) is 5.65. The number of carbonyl (C=O) groups is 1. The Kier molecular flexibility index (Phi) is 5.29. The van der Waals surface area contributed by atoms with Crippen molar-refractivity contribution in [2.45, 2.75) is 18.9 Å². The molecule has 3 heterocycles. The van der Waals surface area contributed by atoms with Crippen LogP contribution in [0.3, 0.4) is 0 Å². The highest BCUT2D eigenvalue weighted by molar-refractivity contribution is 5.89. The minimum atomic E-state index is -0.592. The maximum absolute atomic E-state index is 12.6. The predicted octanol–water partition coefficient (Wildman–Crippen LogP) is 2.64. The Morgan fingerprint density at radius 3 is 2.75 bits per heavy atom. The molecular formula is C20H22N6O2. The number of hydrogen-bond donors (Lipinski definition) is 2. The molecule has 1 aromatic carbocycles. The van der Waals surface area contributed by atoms with E-state index in [1.807, 2.05) is 42.5 Å². The maximum Gasteiger partial charge on any atom is 0.321 e. The van der Waals surface area contributed by atoms with Gasteiger partial charge in [-0.1, -0.05) is 12.1 Å². The summed E-state index contributed by atoms with van der Waals surface area (Å²) in [5, 5.41) is 17.6. The lowest BCUT2D eigenvalue weighted by molar-refractivity contribution is 0.0652. The van der Waals surface area contributed by atoms with Crippen molar-refractivity contribution in [1.82, 2.24) is 24.6 Å². The summed E-state index contributed by atoms with van der Waals surface area (Å²) in [6.45, 7) is 1.20. The molecule has 8 nitrogen and oxygen atoms in total. The lowest BCUT2D eigenvalue weighted by Gasteiger charge is -2.34. The van der Waals surface area contributed by atoms with E-state index in [0.717, 1.165) is 18.5 Å². The molecule has 4 rings (SSSR count). The van der Waals surface area contributed by atoms with Gasteiger partial charge < -0.3 is 15.3 Å². The van der Waals surface area contributed by atoms with Crippen molar-refractivity contribution in [2.75, 3.05) is 18.4 Å². The van der Waals surface area contributed by atoms with E-state index in [1.54, 1.807) is 22.1 Å². The first-order valence-electron chi connectivity index (χ1n) is 9.31. The van der Waals surface area contributed by atoms with Crippen molar-refractivity contribution in [1.29, 1.82) is 0 Å². The van der Waals surface area contributed by atoms with Gasteiger partial charge in [0.15, 0.2) is 0 Å². The van der Waals surface area contributed by atoms with E-state index in [4.69, 9.17) is 0 Å². The molecule has 1 fully saturated rings. The molecule has 0 aliphatic carbocycles. The number of piperidine rings is 1. The Morgan fingerprint density at radius 1 is 1.18 bits per heavy atom. The van der Waals surface area contributed by atoms with Gasteiger partial charge in [-0.25, -0.2) is 14.5 Å². The molecule has 8 heteroatoms. The summed E-state index contributed by atoms with van der Waals surface area (Å²) in [5.41, 5.74) is 2.22. The molecular weight excluding hydrogens is 356 g/mol. The Balaban J connectivity index is 1.34. The molecule has 0 radical (unpaired) electrons. The topological polar surface area (TPSA) is 96.2 Å². The molecule has 1 aliphatic rings. The minimum Gasteiger partial charge on any atom is -0.387 e.